The third kappa shape index (κ3) is 4.56. The van der Waals surface area contributed by atoms with Crippen LogP contribution in [0.4, 0.5) is 0 Å². The molecule has 2 atom stereocenters. The smallest absolute Gasteiger partial charge is 0.245 e. The predicted molar refractivity (Wildman–Crippen MR) is 82.5 cm³/mol. The Morgan fingerprint density at radius 3 is 2.57 bits per heavy atom. The molecular weight excluding hydrogens is 294 g/mol. The van der Waals surface area contributed by atoms with Gasteiger partial charge in [-0.25, -0.2) is 0 Å². The summed E-state index contributed by atoms with van der Waals surface area (Å²) in [5.74, 6) is -0.0483. The normalized spacial score (nSPS) is 27.4. The Labute approximate surface area is 132 Å². The fourth-order valence-corrected chi connectivity index (χ4v) is 2.74. The van der Waals surface area contributed by atoms with E-state index in [2.05, 4.69) is 10.6 Å². The first-order valence-electron chi connectivity index (χ1n) is 7.41. The second-order valence-electron chi connectivity index (χ2n) is 5.97. The molecule has 21 heavy (non-hydrogen) atoms. The van der Waals surface area contributed by atoms with Crippen LogP contribution in [0.25, 0.3) is 0 Å². The lowest BCUT2D eigenvalue weighted by molar-refractivity contribution is -0.141. The van der Waals surface area contributed by atoms with Gasteiger partial charge in [0.25, 0.3) is 0 Å². The molecule has 0 aromatic heterocycles. The fourth-order valence-electron chi connectivity index (χ4n) is 2.74. The molecule has 122 valence electrons. The number of carbonyl (C=O) groups excluding carboxylic acids is 2. The van der Waals surface area contributed by atoms with Gasteiger partial charge in [0.05, 0.1) is 18.6 Å². The number of ether oxygens (including phenoxy) is 1. The summed E-state index contributed by atoms with van der Waals surface area (Å²) in [6.07, 6.45) is 1.86. The molecule has 0 radical (unpaired) electrons. The lowest BCUT2D eigenvalue weighted by Gasteiger charge is -2.35. The Morgan fingerprint density at radius 1 is 1.33 bits per heavy atom. The van der Waals surface area contributed by atoms with Gasteiger partial charge in [-0.05, 0) is 33.2 Å². The van der Waals surface area contributed by atoms with Gasteiger partial charge in [-0.1, -0.05) is 0 Å². The van der Waals surface area contributed by atoms with E-state index in [-0.39, 0.29) is 24.2 Å². The molecule has 2 heterocycles. The molecule has 2 saturated heterocycles. The number of nitrogens with one attached hydrogen (secondary N) is 2. The Bertz CT molecular complexity index is 366. The van der Waals surface area contributed by atoms with Crippen LogP contribution in [-0.2, 0) is 14.3 Å². The lowest BCUT2D eigenvalue weighted by Crippen LogP contribution is -2.55. The number of amides is 2. The molecule has 2 fully saturated rings. The van der Waals surface area contributed by atoms with Crippen molar-refractivity contribution in [2.45, 2.75) is 32.7 Å². The van der Waals surface area contributed by atoms with Crippen molar-refractivity contribution in [1.82, 2.24) is 15.5 Å². The number of morpholine rings is 1. The highest BCUT2D eigenvalue weighted by Gasteiger charge is 2.36. The van der Waals surface area contributed by atoms with Crippen LogP contribution < -0.4 is 10.6 Å². The molecule has 2 N–H and O–H groups in total. The molecule has 2 rings (SSSR count). The zero-order valence-electron chi connectivity index (χ0n) is 12.8. The zero-order valence-corrected chi connectivity index (χ0v) is 13.6. The molecule has 2 unspecified atom stereocenters. The molecule has 2 aliphatic rings. The van der Waals surface area contributed by atoms with E-state index in [1.54, 1.807) is 11.8 Å². The largest absolute Gasteiger partial charge is 0.378 e. The van der Waals surface area contributed by atoms with Crippen LogP contribution in [0.5, 0.6) is 0 Å². The average molecular weight is 320 g/mol. The monoisotopic (exact) mass is 319 g/mol. The van der Waals surface area contributed by atoms with Crippen LogP contribution in [0.3, 0.4) is 0 Å². The second-order valence-corrected chi connectivity index (χ2v) is 5.97. The number of piperidine rings is 1. The van der Waals surface area contributed by atoms with Crippen LogP contribution in [0.1, 0.15) is 26.7 Å². The Morgan fingerprint density at radius 2 is 2.00 bits per heavy atom. The van der Waals surface area contributed by atoms with E-state index in [1.165, 1.54) is 0 Å². The van der Waals surface area contributed by atoms with Crippen molar-refractivity contribution in [2.75, 3.05) is 39.4 Å². The fraction of sp³-hybridized carbons (Fsp3) is 0.857. The molecular formula is C14H26ClN3O3. The highest BCUT2D eigenvalue weighted by atomic mass is 35.5. The third-order valence-electron chi connectivity index (χ3n) is 4.19. The molecule has 0 bridgehead atoms. The molecule has 7 heteroatoms. The first kappa shape index (κ1) is 18.2. The van der Waals surface area contributed by atoms with Crippen molar-refractivity contribution in [3.63, 3.8) is 0 Å². The first-order valence-corrected chi connectivity index (χ1v) is 7.41. The van der Waals surface area contributed by atoms with E-state index in [1.807, 2.05) is 6.92 Å². The van der Waals surface area contributed by atoms with Crippen LogP contribution in [-0.4, -0.2) is 62.1 Å². The molecule has 2 amide bonds. The van der Waals surface area contributed by atoms with E-state index >= 15 is 0 Å². The standard InChI is InChI=1S/C14H25N3O3.ClH/c1-11(12(18)17-6-8-20-9-7-17)16-13(19)14(2)4-3-5-15-10-14;/h11,15H,3-10H2,1-2H3,(H,16,19);1H. The van der Waals surface area contributed by atoms with E-state index in [4.69, 9.17) is 4.74 Å². The maximum absolute atomic E-state index is 12.4. The minimum atomic E-state index is -0.473. The second kappa shape index (κ2) is 7.96. The lowest BCUT2D eigenvalue weighted by atomic mass is 9.81. The van der Waals surface area contributed by atoms with Gasteiger partial charge < -0.3 is 20.3 Å². The number of nitrogens with zero attached hydrogens (tertiary/aromatic N) is 1. The Hall–Kier alpha value is -0.850. The Kier molecular flexibility index (Phi) is 6.90. The SMILES string of the molecule is CC(NC(=O)C1(C)CCCNC1)C(=O)N1CCOCC1.Cl. The van der Waals surface area contributed by atoms with Crippen molar-refractivity contribution < 1.29 is 14.3 Å². The molecule has 2 aliphatic heterocycles. The van der Waals surface area contributed by atoms with E-state index in [0.29, 0.717) is 32.8 Å². The summed E-state index contributed by atoms with van der Waals surface area (Å²) in [7, 11) is 0. The van der Waals surface area contributed by atoms with Gasteiger partial charge in [0.2, 0.25) is 11.8 Å². The maximum Gasteiger partial charge on any atom is 0.245 e. The van der Waals surface area contributed by atoms with Gasteiger partial charge in [-0.2, -0.15) is 0 Å². The molecule has 0 saturated carbocycles. The minimum absolute atomic E-state index is 0. The van der Waals surface area contributed by atoms with Crippen LogP contribution in [0.2, 0.25) is 0 Å². The highest BCUT2D eigenvalue weighted by molar-refractivity contribution is 5.90. The number of halogens is 1. The highest BCUT2D eigenvalue weighted by Crippen LogP contribution is 2.25. The van der Waals surface area contributed by atoms with Crippen LogP contribution in [0, 0.1) is 5.41 Å². The Balaban J connectivity index is 0.00000220. The third-order valence-corrected chi connectivity index (χ3v) is 4.19. The summed E-state index contributed by atoms with van der Waals surface area (Å²) in [5, 5.41) is 6.13. The average Bonchev–Trinajstić information content (AvgIpc) is 2.48. The number of hydrogen-bond acceptors (Lipinski definition) is 4. The van der Waals surface area contributed by atoms with E-state index in [9.17, 15) is 9.59 Å². The van der Waals surface area contributed by atoms with Gasteiger partial charge in [0, 0.05) is 19.6 Å². The minimum Gasteiger partial charge on any atom is -0.378 e. The summed E-state index contributed by atoms with van der Waals surface area (Å²) in [4.78, 5) is 26.4. The molecule has 0 aliphatic carbocycles. The number of carbonyl (C=O) groups is 2. The van der Waals surface area contributed by atoms with Gasteiger partial charge in [0.15, 0.2) is 0 Å². The van der Waals surface area contributed by atoms with Gasteiger partial charge >= 0.3 is 0 Å². The van der Waals surface area contributed by atoms with Crippen molar-refractivity contribution in [3.05, 3.63) is 0 Å². The van der Waals surface area contributed by atoms with Crippen molar-refractivity contribution in [3.8, 4) is 0 Å². The van der Waals surface area contributed by atoms with Crippen LogP contribution in [0.15, 0.2) is 0 Å². The zero-order chi connectivity index (χ0) is 14.6. The van der Waals surface area contributed by atoms with Gasteiger partial charge in [-0.15, -0.1) is 12.4 Å². The summed E-state index contributed by atoms with van der Waals surface area (Å²) < 4.78 is 5.23. The summed E-state index contributed by atoms with van der Waals surface area (Å²) in [6, 6.07) is -0.473. The van der Waals surface area contributed by atoms with Gasteiger partial charge in [0.1, 0.15) is 6.04 Å². The molecule has 0 aromatic rings. The summed E-state index contributed by atoms with van der Waals surface area (Å²) >= 11 is 0. The predicted octanol–water partition coefficient (Wildman–Crippen LogP) is 0.161. The maximum atomic E-state index is 12.4. The van der Waals surface area contributed by atoms with E-state index < -0.39 is 11.5 Å². The quantitative estimate of drug-likeness (QED) is 0.777. The number of rotatable bonds is 3. The molecule has 0 spiro atoms. The topological polar surface area (TPSA) is 70.7 Å². The molecule has 0 aromatic carbocycles. The molecule has 6 nitrogen and oxygen atoms in total. The van der Waals surface area contributed by atoms with Gasteiger partial charge in [-0.3, -0.25) is 9.59 Å². The van der Waals surface area contributed by atoms with E-state index in [0.717, 1.165) is 19.4 Å². The van der Waals surface area contributed by atoms with Crippen LogP contribution >= 0.6 is 12.4 Å². The first-order chi connectivity index (χ1) is 9.53. The van der Waals surface area contributed by atoms with Crippen molar-refractivity contribution in [2.24, 2.45) is 5.41 Å². The number of hydrogen-bond donors (Lipinski definition) is 2. The van der Waals surface area contributed by atoms with Crippen molar-refractivity contribution in [1.29, 1.82) is 0 Å². The van der Waals surface area contributed by atoms with Crippen molar-refractivity contribution >= 4 is 24.2 Å². The summed E-state index contributed by atoms with van der Waals surface area (Å²) in [6.45, 7) is 7.73. The summed E-state index contributed by atoms with van der Waals surface area (Å²) in [5.41, 5.74) is -0.405.